The van der Waals surface area contributed by atoms with E-state index in [9.17, 15) is 8.42 Å². The van der Waals surface area contributed by atoms with Crippen LogP contribution >= 0.6 is 0 Å². The zero-order valence-corrected chi connectivity index (χ0v) is 12.2. The Labute approximate surface area is 115 Å². The van der Waals surface area contributed by atoms with Gasteiger partial charge in [0, 0.05) is 19.6 Å². The van der Waals surface area contributed by atoms with E-state index < -0.39 is 9.84 Å². The van der Waals surface area contributed by atoms with Gasteiger partial charge in [0.2, 0.25) is 0 Å². The van der Waals surface area contributed by atoms with E-state index in [-0.39, 0.29) is 5.75 Å². The van der Waals surface area contributed by atoms with Gasteiger partial charge in [-0.1, -0.05) is 19.1 Å². The van der Waals surface area contributed by atoms with Crippen molar-refractivity contribution >= 4 is 9.84 Å². The first-order chi connectivity index (χ1) is 9.01. The molecule has 1 atom stereocenters. The minimum absolute atomic E-state index is 0.188. The third-order valence-corrected chi connectivity index (χ3v) is 5.37. The number of nitrogens with two attached hydrogens (primary N) is 1. The number of hydrogen-bond acceptors (Lipinski definition) is 4. The number of sulfone groups is 1. The first kappa shape index (κ1) is 14.5. The second-order valence-electron chi connectivity index (χ2n) is 5.36. The van der Waals surface area contributed by atoms with Gasteiger partial charge >= 0.3 is 0 Å². The lowest BCUT2D eigenvalue weighted by atomic mass is 10.2. The van der Waals surface area contributed by atoms with Gasteiger partial charge in [0.25, 0.3) is 0 Å². The molecule has 0 saturated carbocycles. The lowest BCUT2D eigenvalue weighted by Gasteiger charge is -2.15. The monoisotopic (exact) mass is 282 g/mol. The van der Waals surface area contributed by atoms with Crippen LogP contribution in [0.4, 0.5) is 0 Å². The van der Waals surface area contributed by atoms with Crippen LogP contribution in [0, 0.1) is 5.92 Å². The molecule has 0 spiro atoms. The van der Waals surface area contributed by atoms with E-state index in [1.54, 1.807) is 18.2 Å². The zero-order chi connectivity index (χ0) is 13.9. The van der Waals surface area contributed by atoms with E-state index in [1.807, 2.05) is 6.07 Å². The van der Waals surface area contributed by atoms with Gasteiger partial charge in [0.15, 0.2) is 9.84 Å². The van der Waals surface area contributed by atoms with E-state index in [0.717, 1.165) is 18.7 Å². The molecule has 19 heavy (non-hydrogen) atoms. The highest BCUT2D eigenvalue weighted by molar-refractivity contribution is 7.91. The normalized spacial score (nSPS) is 20.8. The Morgan fingerprint density at radius 1 is 1.42 bits per heavy atom. The van der Waals surface area contributed by atoms with Crippen LogP contribution in [0.5, 0.6) is 0 Å². The van der Waals surface area contributed by atoms with Crippen LogP contribution in [0.1, 0.15) is 18.9 Å². The second-order valence-corrected chi connectivity index (χ2v) is 7.47. The molecule has 2 N–H and O–H groups in total. The summed E-state index contributed by atoms with van der Waals surface area (Å²) in [6, 6.07) is 6.94. The molecule has 1 saturated heterocycles. The summed E-state index contributed by atoms with van der Waals surface area (Å²) in [5, 5.41) is 0. The zero-order valence-electron chi connectivity index (χ0n) is 11.4. The molecule has 2 rings (SSSR count). The summed E-state index contributed by atoms with van der Waals surface area (Å²) in [7, 11) is -3.20. The summed E-state index contributed by atoms with van der Waals surface area (Å²) in [4.78, 5) is 2.62. The number of likely N-dealkylation sites (tertiary alicyclic amines) is 1. The first-order valence-electron chi connectivity index (χ1n) is 6.75. The summed E-state index contributed by atoms with van der Waals surface area (Å²) < 4.78 is 24.5. The molecule has 1 heterocycles. The van der Waals surface area contributed by atoms with Crippen molar-refractivity contribution in [2.75, 3.05) is 25.4 Å². The molecule has 0 aliphatic carbocycles. The van der Waals surface area contributed by atoms with Gasteiger partial charge in [-0.05, 0) is 36.6 Å². The average molecular weight is 282 g/mol. The van der Waals surface area contributed by atoms with E-state index in [2.05, 4.69) is 11.8 Å². The summed E-state index contributed by atoms with van der Waals surface area (Å²) in [6.07, 6.45) is 1.17. The third-order valence-electron chi connectivity index (χ3n) is 3.68. The lowest BCUT2D eigenvalue weighted by molar-refractivity contribution is 0.347. The fourth-order valence-corrected chi connectivity index (χ4v) is 3.81. The number of hydrogen-bond donors (Lipinski definition) is 1. The molecule has 1 aliphatic rings. The Morgan fingerprint density at radius 3 is 2.84 bits per heavy atom. The maximum Gasteiger partial charge on any atom is 0.179 e. The third kappa shape index (κ3) is 3.78. The van der Waals surface area contributed by atoms with Crippen molar-refractivity contribution in [1.29, 1.82) is 0 Å². The van der Waals surface area contributed by atoms with Crippen LogP contribution in [-0.4, -0.2) is 38.7 Å². The minimum Gasteiger partial charge on any atom is -0.326 e. The smallest absolute Gasteiger partial charge is 0.179 e. The Kier molecular flexibility index (Phi) is 4.60. The molecule has 106 valence electrons. The molecule has 1 fully saturated rings. The Bertz CT molecular complexity index is 528. The molecule has 0 radical (unpaired) electrons. The predicted octanol–water partition coefficient (Wildman–Crippen LogP) is 1.26. The van der Waals surface area contributed by atoms with Gasteiger partial charge in [-0.15, -0.1) is 0 Å². The van der Waals surface area contributed by atoms with Crippen molar-refractivity contribution in [2.24, 2.45) is 11.7 Å². The van der Waals surface area contributed by atoms with Crippen molar-refractivity contribution in [1.82, 2.24) is 4.90 Å². The topological polar surface area (TPSA) is 63.4 Å². The minimum atomic E-state index is -3.20. The molecule has 1 aromatic rings. The standard InChI is InChI=1S/C14H22N2O2S/c1-12-5-6-16(11-12)7-8-19(17,18)14-4-2-3-13(9-14)10-15/h2-4,9,12H,5-8,10-11,15H2,1H3. The molecule has 5 heteroatoms. The van der Waals surface area contributed by atoms with Gasteiger partial charge in [-0.25, -0.2) is 8.42 Å². The summed E-state index contributed by atoms with van der Waals surface area (Å²) in [5.41, 5.74) is 6.40. The molecule has 1 aromatic carbocycles. The first-order valence-corrected chi connectivity index (χ1v) is 8.40. The van der Waals surface area contributed by atoms with E-state index >= 15 is 0 Å². The number of nitrogens with zero attached hydrogens (tertiary/aromatic N) is 1. The summed E-state index contributed by atoms with van der Waals surface area (Å²) in [5.74, 6) is 0.872. The van der Waals surface area contributed by atoms with Crippen LogP contribution in [0.25, 0.3) is 0 Å². The van der Waals surface area contributed by atoms with Crippen LogP contribution < -0.4 is 5.73 Å². The molecule has 4 nitrogen and oxygen atoms in total. The van der Waals surface area contributed by atoms with E-state index in [0.29, 0.717) is 23.9 Å². The SMILES string of the molecule is CC1CCN(CCS(=O)(=O)c2cccc(CN)c2)C1. The highest BCUT2D eigenvalue weighted by Crippen LogP contribution is 2.17. The van der Waals surface area contributed by atoms with E-state index in [4.69, 9.17) is 5.73 Å². The van der Waals surface area contributed by atoms with Gasteiger partial charge < -0.3 is 10.6 Å². The molecular weight excluding hydrogens is 260 g/mol. The van der Waals surface area contributed by atoms with Crippen molar-refractivity contribution in [3.8, 4) is 0 Å². The van der Waals surface area contributed by atoms with Gasteiger partial charge in [-0.2, -0.15) is 0 Å². The van der Waals surface area contributed by atoms with Gasteiger partial charge in [-0.3, -0.25) is 0 Å². The molecule has 1 aliphatic heterocycles. The number of benzene rings is 1. The molecule has 0 bridgehead atoms. The maximum absolute atomic E-state index is 12.3. The quantitative estimate of drug-likeness (QED) is 0.883. The molecule has 0 amide bonds. The predicted molar refractivity (Wildman–Crippen MR) is 76.6 cm³/mol. The maximum atomic E-state index is 12.3. The van der Waals surface area contributed by atoms with Crippen molar-refractivity contribution in [2.45, 2.75) is 24.8 Å². The van der Waals surface area contributed by atoms with Crippen LogP contribution in [-0.2, 0) is 16.4 Å². The van der Waals surface area contributed by atoms with Crippen LogP contribution in [0.3, 0.4) is 0 Å². The largest absolute Gasteiger partial charge is 0.326 e. The number of rotatable bonds is 5. The Morgan fingerprint density at radius 2 is 2.21 bits per heavy atom. The van der Waals surface area contributed by atoms with Crippen molar-refractivity contribution < 1.29 is 8.42 Å². The summed E-state index contributed by atoms with van der Waals surface area (Å²) in [6.45, 7) is 5.23. The average Bonchev–Trinajstić information content (AvgIpc) is 2.82. The second kappa shape index (κ2) is 6.03. The molecule has 0 aromatic heterocycles. The fraction of sp³-hybridized carbons (Fsp3) is 0.571. The van der Waals surface area contributed by atoms with Crippen LogP contribution in [0.2, 0.25) is 0 Å². The Balaban J connectivity index is 2.01. The summed E-state index contributed by atoms with van der Waals surface area (Å²) >= 11 is 0. The van der Waals surface area contributed by atoms with Gasteiger partial charge in [0.05, 0.1) is 10.6 Å². The highest BCUT2D eigenvalue weighted by atomic mass is 32.2. The van der Waals surface area contributed by atoms with Crippen molar-refractivity contribution in [3.05, 3.63) is 29.8 Å². The van der Waals surface area contributed by atoms with Gasteiger partial charge in [0.1, 0.15) is 0 Å². The molecular formula is C14H22N2O2S. The van der Waals surface area contributed by atoms with E-state index in [1.165, 1.54) is 6.42 Å². The lowest BCUT2D eigenvalue weighted by Crippen LogP contribution is -2.27. The highest BCUT2D eigenvalue weighted by Gasteiger charge is 2.21. The fourth-order valence-electron chi connectivity index (χ4n) is 2.46. The van der Waals surface area contributed by atoms with Crippen molar-refractivity contribution in [3.63, 3.8) is 0 Å². The van der Waals surface area contributed by atoms with Crippen LogP contribution in [0.15, 0.2) is 29.2 Å². The molecule has 1 unspecified atom stereocenters. The Hall–Kier alpha value is -0.910.